The van der Waals surface area contributed by atoms with Crippen molar-refractivity contribution in [1.82, 2.24) is 19.6 Å². The van der Waals surface area contributed by atoms with E-state index in [0.29, 0.717) is 12.0 Å². The van der Waals surface area contributed by atoms with E-state index < -0.39 is 6.10 Å². The molecular weight excluding hydrogens is 336 g/mol. The average molecular weight is 375 g/mol. The number of fused-ring (bicyclic) bond motifs is 1. The van der Waals surface area contributed by atoms with Crippen LogP contribution in [0.3, 0.4) is 0 Å². The summed E-state index contributed by atoms with van der Waals surface area (Å²) in [6.45, 7) is 11.9. The van der Waals surface area contributed by atoms with Crippen molar-refractivity contribution in [3.63, 3.8) is 0 Å². The van der Waals surface area contributed by atoms with Gasteiger partial charge in [0.25, 0.3) is 0 Å². The SMILES string of the molecule is CC1=C(CCN2CCCn3nc(C(O)CN(C)C)cc3C2)C(C)(C)CCC1. The third kappa shape index (κ3) is 5.01. The predicted octanol–water partition coefficient (Wildman–Crippen LogP) is 3.60. The van der Waals surface area contributed by atoms with Gasteiger partial charge in [-0.15, -0.1) is 0 Å². The minimum atomic E-state index is -0.510. The van der Waals surface area contributed by atoms with Crippen LogP contribution in [0.2, 0.25) is 0 Å². The van der Waals surface area contributed by atoms with Gasteiger partial charge in [0.2, 0.25) is 0 Å². The Morgan fingerprint density at radius 3 is 2.74 bits per heavy atom. The molecule has 2 aliphatic rings. The lowest BCUT2D eigenvalue weighted by Crippen LogP contribution is -2.28. The normalized spacial score (nSPS) is 22.0. The van der Waals surface area contributed by atoms with Crippen molar-refractivity contribution in [3.05, 3.63) is 28.6 Å². The molecule has 1 unspecified atom stereocenters. The minimum Gasteiger partial charge on any atom is -0.385 e. The van der Waals surface area contributed by atoms with Crippen LogP contribution >= 0.6 is 0 Å². The molecule has 5 heteroatoms. The standard InChI is InChI=1S/C22H38N4O/c1-17-8-6-10-22(2,3)19(17)9-13-25-11-7-12-26-18(15-25)14-20(23-26)21(27)16-24(4)5/h14,21,27H,6-13,15-16H2,1-5H3. The molecule has 0 bridgehead atoms. The zero-order valence-electron chi connectivity index (χ0n) is 18.0. The molecule has 1 N–H and O–H groups in total. The maximum atomic E-state index is 10.4. The summed E-state index contributed by atoms with van der Waals surface area (Å²) >= 11 is 0. The molecule has 0 aromatic carbocycles. The first kappa shape index (κ1) is 20.6. The maximum absolute atomic E-state index is 10.4. The summed E-state index contributed by atoms with van der Waals surface area (Å²) < 4.78 is 2.11. The van der Waals surface area contributed by atoms with Gasteiger partial charge < -0.3 is 10.0 Å². The molecule has 0 saturated heterocycles. The van der Waals surface area contributed by atoms with Crippen molar-refractivity contribution < 1.29 is 5.11 Å². The number of aryl methyl sites for hydroxylation is 1. The molecule has 2 heterocycles. The molecule has 1 atom stereocenters. The van der Waals surface area contributed by atoms with Gasteiger partial charge in [0.05, 0.1) is 11.4 Å². The number of hydrogen-bond donors (Lipinski definition) is 1. The zero-order valence-corrected chi connectivity index (χ0v) is 18.0. The highest BCUT2D eigenvalue weighted by Gasteiger charge is 2.28. The second-order valence-electron chi connectivity index (χ2n) is 9.44. The molecule has 1 aromatic heterocycles. The van der Waals surface area contributed by atoms with E-state index in [9.17, 15) is 5.11 Å². The lowest BCUT2D eigenvalue weighted by Gasteiger charge is -2.35. The molecule has 1 aliphatic carbocycles. The number of allylic oxidation sites excluding steroid dienone is 1. The fraction of sp³-hybridized carbons (Fsp3) is 0.773. The average Bonchev–Trinajstić information content (AvgIpc) is 2.86. The molecule has 0 spiro atoms. The lowest BCUT2D eigenvalue weighted by molar-refractivity contribution is 0.133. The number of hydrogen-bond acceptors (Lipinski definition) is 4. The Kier molecular flexibility index (Phi) is 6.44. The van der Waals surface area contributed by atoms with Crippen molar-refractivity contribution in [2.24, 2.45) is 5.41 Å². The highest BCUT2D eigenvalue weighted by Crippen LogP contribution is 2.41. The number of aliphatic hydroxyl groups is 1. The van der Waals surface area contributed by atoms with Crippen molar-refractivity contribution in [3.8, 4) is 0 Å². The van der Waals surface area contributed by atoms with Crippen LogP contribution in [0, 0.1) is 5.41 Å². The van der Waals surface area contributed by atoms with Crippen molar-refractivity contribution in [2.45, 2.75) is 72.1 Å². The summed E-state index contributed by atoms with van der Waals surface area (Å²) in [7, 11) is 3.96. The number of aliphatic hydroxyl groups excluding tert-OH is 1. The predicted molar refractivity (Wildman–Crippen MR) is 111 cm³/mol. The van der Waals surface area contributed by atoms with Gasteiger partial charge in [0.1, 0.15) is 6.10 Å². The second-order valence-corrected chi connectivity index (χ2v) is 9.44. The highest BCUT2D eigenvalue weighted by atomic mass is 16.3. The van der Waals surface area contributed by atoms with Gasteiger partial charge in [-0.2, -0.15) is 5.10 Å². The van der Waals surface area contributed by atoms with Crippen LogP contribution in [0.15, 0.2) is 17.2 Å². The molecule has 1 aromatic rings. The van der Waals surface area contributed by atoms with E-state index in [1.54, 1.807) is 11.1 Å². The molecule has 152 valence electrons. The Balaban J connectivity index is 1.65. The van der Waals surface area contributed by atoms with Crippen LogP contribution in [0.4, 0.5) is 0 Å². The van der Waals surface area contributed by atoms with E-state index >= 15 is 0 Å². The smallest absolute Gasteiger partial charge is 0.110 e. The molecule has 0 saturated carbocycles. The van der Waals surface area contributed by atoms with E-state index in [4.69, 9.17) is 0 Å². The summed E-state index contributed by atoms with van der Waals surface area (Å²) in [4.78, 5) is 4.58. The van der Waals surface area contributed by atoms with E-state index in [-0.39, 0.29) is 0 Å². The summed E-state index contributed by atoms with van der Waals surface area (Å²) in [5, 5.41) is 15.1. The molecule has 1 aliphatic heterocycles. The quantitative estimate of drug-likeness (QED) is 0.773. The van der Waals surface area contributed by atoms with Crippen LogP contribution < -0.4 is 0 Å². The van der Waals surface area contributed by atoms with Crippen molar-refractivity contribution in [1.29, 1.82) is 0 Å². The van der Waals surface area contributed by atoms with Gasteiger partial charge in [0.15, 0.2) is 0 Å². The Hall–Kier alpha value is -1.17. The van der Waals surface area contributed by atoms with Crippen LogP contribution in [0.5, 0.6) is 0 Å². The zero-order chi connectivity index (χ0) is 19.6. The topological polar surface area (TPSA) is 44.5 Å². The van der Waals surface area contributed by atoms with E-state index in [1.807, 2.05) is 19.0 Å². The molecule has 27 heavy (non-hydrogen) atoms. The monoisotopic (exact) mass is 374 g/mol. The minimum absolute atomic E-state index is 0.361. The Morgan fingerprint density at radius 1 is 1.26 bits per heavy atom. The number of aromatic nitrogens is 2. The van der Waals surface area contributed by atoms with Gasteiger partial charge >= 0.3 is 0 Å². The van der Waals surface area contributed by atoms with Crippen LogP contribution in [0.25, 0.3) is 0 Å². The second kappa shape index (κ2) is 8.46. The van der Waals surface area contributed by atoms with E-state index in [2.05, 4.69) is 41.5 Å². The molecule has 3 rings (SSSR count). The first-order valence-corrected chi connectivity index (χ1v) is 10.6. The summed E-state index contributed by atoms with van der Waals surface area (Å²) in [6, 6.07) is 2.11. The molecule has 0 amide bonds. The molecule has 5 nitrogen and oxygen atoms in total. The first-order valence-electron chi connectivity index (χ1n) is 10.6. The Morgan fingerprint density at radius 2 is 2.04 bits per heavy atom. The third-order valence-corrected chi connectivity index (χ3v) is 6.36. The van der Waals surface area contributed by atoms with Gasteiger partial charge in [-0.05, 0) is 64.6 Å². The van der Waals surface area contributed by atoms with Gasteiger partial charge in [0, 0.05) is 32.7 Å². The van der Waals surface area contributed by atoms with Crippen LogP contribution in [0.1, 0.15) is 70.4 Å². The lowest BCUT2D eigenvalue weighted by atomic mass is 9.71. The van der Waals surface area contributed by atoms with Gasteiger partial charge in [-0.1, -0.05) is 25.0 Å². The molecule has 0 radical (unpaired) electrons. The van der Waals surface area contributed by atoms with E-state index in [0.717, 1.165) is 38.3 Å². The highest BCUT2D eigenvalue weighted by molar-refractivity contribution is 5.22. The van der Waals surface area contributed by atoms with Gasteiger partial charge in [-0.25, -0.2) is 0 Å². The summed E-state index contributed by atoms with van der Waals surface area (Å²) in [5.74, 6) is 0. The first-order chi connectivity index (χ1) is 12.8. The van der Waals surface area contributed by atoms with Gasteiger partial charge in [-0.3, -0.25) is 9.58 Å². The largest absolute Gasteiger partial charge is 0.385 e. The maximum Gasteiger partial charge on any atom is 0.110 e. The van der Waals surface area contributed by atoms with E-state index in [1.165, 1.54) is 31.4 Å². The molecule has 0 fully saturated rings. The number of rotatable bonds is 6. The fourth-order valence-corrected chi connectivity index (χ4v) is 4.84. The Bertz CT molecular complexity index is 674. The Labute approximate surface area is 165 Å². The molecular formula is C22H38N4O. The van der Waals surface area contributed by atoms with Crippen molar-refractivity contribution in [2.75, 3.05) is 33.7 Å². The number of nitrogens with zero attached hydrogens (tertiary/aromatic N) is 4. The van der Waals surface area contributed by atoms with Crippen LogP contribution in [-0.4, -0.2) is 58.4 Å². The van der Waals surface area contributed by atoms with Crippen LogP contribution in [-0.2, 0) is 13.1 Å². The fourth-order valence-electron chi connectivity index (χ4n) is 4.84. The summed E-state index contributed by atoms with van der Waals surface area (Å²) in [5.41, 5.74) is 5.73. The summed E-state index contributed by atoms with van der Waals surface area (Å²) in [6.07, 6.45) is 5.73. The van der Waals surface area contributed by atoms with Crippen molar-refractivity contribution >= 4 is 0 Å². The third-order valence-electron chi connectivity index (χ3n) is 6.36. The number of likely N-dealkylation sites (N-methyl/N-ethyl adjacent to an activating group) is 1.